The highest BCUT2D eigenvalue weighted by atomic mass is 16.5. The van der Waals surface area contributed by atoms with Gasteiger partial charge in [0.1, 0.15) is 0 Å². The summed E-state index contributed by atoms with van der Waals surface area (Å²) < 4.78 is 5.08. The minimum atomic E-state index is -0.887. The fraction of sp³-hybridized carbons (Fsp3) is 0.375. The van der Waals surface area contributed by atoms with Gasteiger partial charge < -0.3 is 14.9 Å². The largest absolute Gasteiger partial charge is 0.481 e. The summed E-state index contributed by atoms with van der Waals surface area (Å²) in [7, 11) is 0. The second-order valence-corrected chi connectivity index (χ2v) is 5.52. The highest BCUT2D eigenvalue weighted by Crippen LogP contribution is 2.13. The van der Waals surface area contributed by atoms with E-state index < -0.39 is 5.97 Å². The van der Waals surface area contributed by atoms with E-state index in [0.29, 0.717) is 29.4 Å². The molecule has 0 aliphatic carbocycles. The molecule has 122 valence electrons. The lowest BCUT2D eigenvalue weighted by molar-refractivity contribution is -0.136. The molecular weight excluding hydrogens is 298 g/mol. The van der Waals surface area contributed by atoms with Crippen molar-refractivity contribution < 1.29 is 19.2 Å². The number of hydrogen-bond donors (Lipinski definition) is 2. The molecule has 0 bridgehead atoms. The first kappa shape index (κ1) is 16.7. The van der Waals surface area contributed by atoms with Gasteiger partial charge in [0.25, 0.3) is 0 Å². The summed E-state index contributed by atoms with van der Waals surface area (Å²) in [4.78, 5) is 26.7. The zero-order valence-electron chi connectivity index (χ0n) is 13.1. The first-order chi connectivity index (χ1) is 10.9. The molecule has 2 rings (SSSR count). The summed E-state index contributed by atoms with van der Waals surface area (Å²) in [6.07, 6.45) is 0.572. The number of aromatic nitrogens is 2. The predicted octanol–water partition coefficient (Wildman–Crippen LogP) is 2.39. The molecule has 0 unspecified atom stereocenters. The molecule has 1 amide bonds. The van der Waals surface area contributed by atoms with Crippen LogP contribution < -0.4 is 5.32 Å². The fourth-order valence-electron chi connectivity index (χ4n) is 1.93. The second kappa shape index (κ2) is 7.53. The van der Waals surface area contributed by atoms with Crippen LogP contribution in [0.4, 0.5) is 5.69 Å². The normalized spacial score (nSPS) is 10.7. The van der Waals surface area contributed by atoms with Gasteiger partial charge in [-0.1, -0.05) is 31.1 Å². The maximum absolute atomic E-state index is 11.9. The zero-order chi connectivity index (χ0) is 16.8. The Kier molecular flexibility index (Phi) is 5.46. The third-order valence-corrected chi connectivity index (χ3v) is 3.16. The number of rotatable bonds is 7. The molecule has 0 saturated heterocycles. The molecule has 0 atom stereocenters. The van der Waals surface area contributed by atoms with Gasteiger partial charge in [-0.2, -0.15) is 4.98 Å². The lowest BCUT2D eigenvalue weighted by Gasteiger charge is -2.05. The second-order valence-electron chi connectivity index (χ2n) is 5.52. The van der Waals surface area contributed by atoms with E-state index in [4.69, 9.17) is 9.63 Å². The minimum absolute atomic E-state index is 0.0381. The quantitative estimate of drug-likeness (QED) is 0.812. The molecule has 0 spiro atoms. The third-order valence-electron chi connectivity index (χ3n) is 3.16. The van der Waals surface area contributed by atoms with Crippen LogP contribution in [0.1, 0.15) is 43.5 Å². The number of nitrogens with zero attached hydrogens (tertiary/aromatic N) is 2. The van der Waals surface area contributed by atoms with Crippen molar-refractivity contribution in [1.82, 2.24) is 10.1 Å². The van der Waals surface area contributed by atoms with E-state index in [1.54, 1.807) is 24.3 Å². The minimum Gasteiger partial charge on any atom is -0.481 e. The van der Waals surface area contributed by atoms with E-state index in [0.717, 1.165) is 0 Å². The van der Waals surface area contributed by atoms with Gasteiger partial charge in [0.05, 0.1) is 6.42 Å². The van der Waals surface area contributed by atoms with Crippen molar-refractivity contribution >= 4 is 17.6 Å². The Balaban J connectivity index is 1.83. The fourth-order valence-corrected chi connectivity index (χ4v) is 1.93. The van der Waals surface area contributed by atoms with E-state index in [-0.39, 0.29) is 24.7 Å². The van der Waals surface area contributed by atoms with Crippen LogP contribution in [-0.2, 0) is 22.4 Å². The molecule has 7 heteroatoms. The molecular formula is C16H19N3O4. The number of aryl methyl sites for hydroxylation is 1. The van der Waals surface area contributed by atoms with Gasteiger partial charge in [0.2, 0.25) is 11.8 Å². The number of carboxylic acid groups (broad SMARTS) is 1. The lowest BCUT2D eigenvalue weighted by Crippen LogP contribution is -2.12. The van der Waals surface area contributed by atoms with Gasteiger partial charge in [-0.25, -0.2) is 0 Å². The molecule has 0 fully saturated rings. The van der Waals surface area contributed by atoms with Crippen LogP contribution in [-0.4, -0.2) is 27.1 Å². The summed E-state index contributed by atoms with van der Waals surface area (Å²) >= 11 is 0. The smallest absolute Gasteiger partial charge is 0.307 e. The predicted molar refractivity (Wildman–Crippen MR) is 83.1 cm³/mol. The van der Waals surface area contributed by atoms with Crippen molar-refractivity contribution in [3.63, 3.8) is 0 Å². The Morgan fingerprint density at radius 1 is 1.26 bits per heavy atom. The molecule has 2 N–H and O–H groups in total. The Morgan fingerprint density at radius 2 is 1.96 bits per heavy atom. The number of amides is 1. The van der Waals surface area contributed by atoms with E-state index >= 15 is 0 Å². The molecule has 23 heavy (non-hydrogen) atoms. The van der Waals surface area contributed by atoms with E-state index in [9.17, 15) is 9.59 Å². The van der Waals surface area contributed by atoms with E-state index in [1.807, 2.05) is 13.8 Å². The van der Waals surface area contributed by atoms with Crippen molar-refractivity contribution in [3.8, 4) is 0 Å². The van der Waals surface area contributed by atoms with Crippen LogP contribution in [0.25, 0.3) is 0 Å². The van der Waals surface area contributed by atoms with Gasteiger partial charge in [-0.05, 0) is 17.7 Å². The summed E-state index contributed by atoms with van der Waals surface area (Å²) in [5.41, 5.74) is 1.31. The van der Waals surface area contributed by atoms with Crippen LogP contribution in [0, 0.1) is 0 Å². The molecule has 2 aromatic rings. The molecule has 1 aromatic heterocycles. The Morgan fingerprint density at radius 3 is 2.52 bits per heavy atom. The number of carbonyl (C=O) groups is 2. The number of aliphatic carboxylic acids is 1. The lowest BCUT2D eigenvalue weighted by atomic mass is 10.1. The number of nitrogens with one attached hydrogen (secondary N) is 1. The third kappa shape index (κ3) is 5.21. The highest BCUT2D eigenvalue weighted by Gasteiger charge is 2.11. The average Bonchev–Trinajstić information content (AvgIpc) is 2.96. The number of carboxylic acids is 1. The summed E-state index contributed by atoms with van der Waals surface area (Å²) in [6, 6.07) is 6.72. The van der Waals surface area contributed by atoms with Crippen LogP contribution in [0.3, 0.4) is 0 Å². The first-order valence-electron chi connectivity index (χ1n) is 7.37. The van der Waals surface area contributed by atoms with Crippen LogP contribution in [0.15, 0.2) is 28.8 Å². The van der Waals surface area contributed by atoms with Crippen molar-refractivity contribution in [2.45, 2.75) is 39.0 Å². The molecule has 7 nitrogen and oxygen atoms in total. The zero-order valence-corrected chi connectivity index (χ0v) is 13.1. The Labute approximate surface area is 133 Å². The standard InChI is InChI=1S/C16H19N3O4/c1-10(2)16-18-14(23-19-16)8-7-13(20)17-12-5-3-11(4-6-12)9-15(21)22/h3-6,10H,7-9H2,1-2H3,(H,17,20)(H,21,22). The maximum Gasteiger partial charge on any atom is 0.307 e. The highest BCUT2D eigenvalue weighted by molar-refractivity contribution is 5.90. The maximum atomic E-state index is 11.9. The topological polar surface area (TPSA) is 105 Å². The summed E-state index contributed by atoms with van der Waals surface area (Å²) in [6.45, 7) is 3.94. The summed E-state index contributed by atoms with van der Waals surface area (Å²) in [5.74, 6) is 0.211. The monoisotopic (exact) mass is 317 g/mol. The van der Waals surface area contributed by atoms with Crippen LogP contribution in [0.2, 0.25) is 0 Å². The number of benzene rings is 1. The molecule has 1 aromatic carbocycles. The van der Waals surface area contributed by atoms with Crippen LogP contribution in [0.5, 0.6) is 0 Å². The molecule has 1 heterocycles. The van der Waals surface area contributed by atoms with Gasteiger partial charge in [-0.15, -0.1) is 0 Å². The molecule has 0 aliphatic rings. The molecule has 0 saturated carbocycles. The first-order valence-corrected chi connectivity index (χ1v) is 7.37. The van der Waals surface area contributed by atoms with Crippen molar-refractivity contribution in [1.29, 1.82) is 0 Å². The number of hydrogen-bond acceptors (Lipinski definition) is 5. The summed E-state index contributed by atoms with van der Waals surface area (Å²) in [5, 5.41) is 15.3. The Hall–Kier alpha value is -2.70. The SMILES string of the molecule is CC(C)c1noc(CCC(=O)Nc2ccc(CC(=O)O)cc2)n1. The van der Waals surface area contributed by atoms with Crippen molar-refractivity contribution in [3.05, 3.63) is 41.5 Å². The van der Waals surface area contributed by atoms with Gasteiger partial charge in [-0.3, -0.25) is 9.59 Å². The van der Waals surface area contributed by atoms with Gasteiger partial charge in [0.15, 0.2) is 5.82 Å². The van der Waals surface area contributed by atoms with Crippen molar-refractivity contribution in [2.24, 2.45) is 0 Å². The number of carbonyl (C=O) groups excluding carboxylic acids is 1. The van der Waals surface area contributed by atoms with Crippen molar-refractivity contribution in [2.75, 3.05) is 5.32 Å². The molecule has 0 radical (unpaired) electrons. The van der Waals surface area contributed by atoms with Gasteiger partial charge >= 0.3 is 5.97 Å². The molecule has 0 aliphatic heterocycles. The van der Waals surface area contributed by atoms with E-state index in [1.165, 1.54) is 0 Å². The van der Waals surface area contributed by atoms with E-state index in [2.05, 4.69) is 15.5 Å². The average molecular weight is 317 g/mol. The van der Waals surface area contributed by atoms with Crippen LogP contribution >= 0.6 is 0 Å². The Bertz CT molecular complexity index is 677. The number of anilines is 1. The van der Waals surface area contributed by atoms with Gasteiger partial charge in [0, 0.05) is 24.4 Å².